The zero-order valence-electron chi connectivity index (χ0n) is 15.6. The van der Waals surface area contributed by atoms with E-state index < -0.39 is 18.4 Å². The summed E-state index contributed by atoms with van der Waals surface area (Å²) >= 11 is 0. The minimum Gasteiger partial charge on any atom is -0.431 e. The summed E-state index contributed by atoms with van der Waals surface area (Å²) in [6.07, 6.45) is -2.29. The average Bonchev–Trinajstić information content (AvgIpc) is 3.34. The molecule has 1 fully saturated rings. The van der Waals surface area contributed by atoms with E-state index in [0.717, 1.165) is 56.5 Å². The second-order valence-corrected chi connectivity index (χ2v) is 7.64. The van der Waals surface area contributed by atoms with Crippen molar-refractivity contribution in [2.45, 2.75) is 50.4 Å². The van der Waals surface area contributed by atoms with Crippen molar-refractivity contribution in [2.24, 2.45) is 0 Å². The molecule has 1 aliphatic carbocycles. The first-order valence-electron chi connectivity index (χ1n) is 9.78. The third-order valence-corrected chi connectivity index (χ3v) is 5.84. The Kier molecular flexibility index (Phi) is 4.27. The van der Waals surface area contributed by atoms with Gasteiger partial charge in [0.2, 0.25) is 6.10 Å². The quantitative estimate of drug-likeness (QED) is 0.796. The van der Waals surface area contributed by atoms with Gasteiger partial charge in [-0.25, -0.2) is 9.78 Å². The standard InChI is InChI=1S/C19H20F3N5O2/c20-19(21,22)16-14-12(6-8-24-17(14)25-18(28)29-16)15-11-3-1-2-4-13(11)27(26-15)10-5-7-23-9-10/h6,8,10,16,23H,1-5,7,9H2,(H,24,25,28)/t10-,16-/m1/s1. The van der Waals surface area contributed by atoms with Gasteiger partial charge in [0.15, 0.2) is 0 Å². The summed E-state index contributed by atoms with van der Waals surface area (Å²) in [5.41, 5.74) is 2.78. The van der Waals surface area contributed by atoms with E-state index in [9.17, 15) is 18.0 Å². The van der Waals surface area contributed by atoms with Crippen LogP contribution in [0.4, 0.5) is 23.8 Å². The molecule has 4 heterocycles. The van der Waals surface area contributed by atoms with Crippen molar-refractivity contribution < 1.29 is 22.7 Å². The van der Waals surface area contributed by atoms with Crippen LogP contribution in [0.25, 0.3) is 11.3 Å². The first kappa shape index (κ1) is 18.4. The smallest absolute Gasteiger partial charge is 0.430 e. The van der Waals surface area contributed by atoms with Crippen LogP contribution in [0.1, 0.15) is 48.2 Å². The molecule has 0 unspecified atom stereocenters. The van der Waals surface area contributed by atoms with Gasteiger partial charge in [0, 0.05) is 29.6 Å². The van der Waals surface area contributed by atoms with E-state index in [-0.39, 0.29) is 17.4 Å². The van der Waals surface area contributed by atoms with Crippen molar-refractivity contribution in [3.63, 3.8) is 0 Å². The highest BCUT2D eigenvalue weighted by atomic mass is 19.4. The monoisotopic (exact) mass is 407 g/mol. The molecular formula is C19H20F3N5O2. The number of carbonyl (C=O) groups excluding carboxylic acids is 1. The number of alkyl halides is 3. The van der Waals surface area contributed by atoms with Gasteiger partial charge in [0.1, 0.15) is 5.82 Å². The Morgan fingerprint density at radius 1 is 1.24 bits per heavy atom. The highest BCUT2D eigenvalue weighted by Crippen LogP contribution is 2.46. The Balaban J connectivity index is 1.70. The molecule has 0 radical (unpaired) electrons. The third kappa shape index (κ3) is 3.06. The Morgan fingerprint density at radius 3 is 2.83 bits per heavy atom. The number of pyridine rings is 1. The molecule has 2 aliphatic heterocycles. The summed E-state index contributed by atoms with van der Waals surface area (Å²) < 4.78 is 47.8. The molecule has 10 heteroatoms. The number of rotatable bonds is 2. The number of hydrogen-bond donors (Lipinski definition) is 2. The summed E-state index contributed by atoms with van der Waals surface area (Å²) in [4.78, 5) is 15.6. The van der Waals surface area contributed by atoms with Gasteiger partial charge in [-0.1, -0.05) is 0 Å². The zero-order chi connectivity index (χ0) is 20.2. The number of aromatic nitrogens is 3. The van der Waals surface area contributed by atoms with Crippen LogP contribution in [0, 0.1) is 0 Å². The summed E-state index contributed by atoms with van der Waals surface area (Å²) in [7, 11) is 0. The number of cyclic esters (lactones) is 1. The second-order valence-electron chi connectivity index (χ2n) is 7.64. The lowest BCUT2D eigenvalue weighted by atomic mass is 9.90. The number of halogens is 3. The number of hydrogen-bond acceptors (Lipinski definition) is 5. The van der Waals surface area contributed by atoms with E-state index >= 15 is 0 Å². The Morgan fingerprint density at radius 2 is 2.07 bits per heavy atom. The van der Waals surface area contributed by atoms with E-state index in [1.54, 1.807) is 0 Å². The summed E-state index contributed by atoms with van der Waals surface area (Å²) in [5.74, 6) is -0.122. The van der Waals surface area contributed by atoms with Crippen molar-refractivity contribution in [3.05, 3.63) is 29.1 Å². The van der Waals surface area contributed by atoms with Crippen LogP contribution >= 0.6 is 0 Å². The topological polar surface area (TPSA) is 81.1 Å². The normalized spacial score (nSPS) is 23.9. The van der Waals surface area contributed by atoms with Crippen LogP contribution in [0.2, 0.25) is 0 Å². The van der Waals surface area contributed by atoms with Gasteiger partial charge in [-0.15, -0.1) is 0 Å². The number of fused-ring (bicyclic) bond motifs is 2. The van der Waals surface area contributed by atoms with Crippen LogP contribution in [0.3, 0.4) is 0 Å². The predicted octanol–water partition coefficient (Wildman–Crippen LogP) is 3.52. The zero-order valence-corrected chi connectivity index (χ0v) is 15.6. The fraction of sp³-hybridized carbons (Fsp3) is 0.526. The summed E-state index contributed by atoms with van der Waals surface area (Å²) in [6.45, 7) is 1.70. The van der Waals surface area contributed by atoms with Gasteiger partial charge in [0.05, 0.1) is 17.3 Å². The minimum absolute atomic E-state index is 0.122. The molecular weight excluding hydrogens is 387 g/mol. The molecule has 7 nitrogen and oxygen atoms in total. The number of nitrogens with zero attached hydrogens (tertiary/aromatic N) is 3. The second kappa shape index (κ2) is 6.72. The van der Waals surface area contributed by atoms with Gasteiger partial charge in [-0.2, -0.15) is 18.3 Å². The molecule has 29 heavy (non-hydrogen) atoms. The van der Waals surface area contributed by atoms with E-state index in [2.05, 4.69) is 20.4 Å². The molecule has 0 aromatic carbocycles. The largest absolute Gasteiger partial charge is 0.431 e. The number of anilines is 1. The molecule has 2 N–H and O–H groups in total. The number of carbonyl (C=O) groups is 1. The van der Waals surface area contributed by atoms with E-state index in [4.69, 9.17) is 5.10 Å². The van der Waals surface area contributed by atoms with Crippen LogP contribution in [-0.4, -0.2) is 40.1 Å². The van der Waals surface area contributed by atoms with Gasteiger partial charge >= 0.3 is 12.3 Å². The first-order chi connectivity index (χ1) is 13.9. The lowest BCUT2D eigenvalue weighted by molar-refractivity contribution is -0.206. The van der Waals surface area contributed by atoms with Crippen molar-refractivity contribution in [3.8, 4) is 11.3 Å². The molecule has 2 aromatic rings. The van der Waals surface area contributed by atoms with Crippen LogP contribution in [0.5, 0.6) is 0 Å². The molecule has 0 saturated carbocycles. The van der Waals surface area contributed by atoms with Crippen LogP contribution < -0.4 is 10.6 Å². The Labute approximate surface area is 164 Å². The third-order valence-electron chi connectivity index (χ3n) is 5.84. The van der Waals surface area contributed by atoms with E-state index in [0.29, 0.717) is 11.3 Å². The molecule has 2 aromatic heterocycles. The van der Waals surface area contributed by atoms with E-state index in [1.165, 1.54) is 12.3 Å². The van der Waals surface area contributed by atoms with Crippen molar-refractivity contribution in [1.29, 1.82) is 0 Å². The molecule has 0 bridgehead atoms. The van der Waals surface area contributed by atoms with Crippen LogP contribution in [-0.2, 0) is 17.6 Å². The lowest BCUT2D eigenvalue weighted by Gasteiger charge is -2.28. The molecule has 5 rings (SSSR count). The SMILES string of the molecule is O=C1Nc2nccc(-c3nn([C@@H]4CCNC4)c4c3CCCC4)c2[C@H](C(F)(F)F)O1. The predicted molar refractivity (Wildman–Crippen MR) is 97.5 cm³/mol. The summed E-state index contributed by atoms with van der Waals surface area (Å²) in [6, 6.07) is 1.73. The van der Waals surface area contributed by atoms with Crippen molar-refractivity contribution in [2.75, 3.05) is 18.4 Å². The average molecular weight is 407 g/mol. The fourth-order valence-electron chi connectivity index (χ4n) is 4.56. The van der Waals surface area contributed by atoms with Crippen molar-refractivity contribution in [1.82, 2.24) is 20.1 Å². The molecule has 0 spiro atoms. The van der Waals surface area contributed by atoms with Gasteiger partial charge < -0.3 is 10.1 Å². The maximum absolute atomic E-state index is 13.7. The molecule has 2 atom stereocenters. The number of ether oxygens (including phenoxy) is 1. The lowest BCUT2D eigenvalue weighted by Crippen LogP contribution is -2.34. The molecule has 3 aliphatic rings. The summed E-state index contributed by atoms with van der Waals surface area (Å²) in [5, 5.41) is 10.4. The minimum atomic E-state index is -4.75. The van der Waals surface area contributed by atoms with Gasteiger partial charge in [-0.05, 0) is 44.7 Å². The van der Waals surface area contributed by atoms with Gasteiger partial charge in [0.25, 0.3) is 0 Å². The fourth-order valence-corrected chi connectivity index (χ4v) is 4.56. The molecule has 1 amide bonds. The Hall–Kier alpha value is -2.62. The molecule has 154 valence electrons. The first-order valence-corrected chi connectivity index (χ1v) is 9.78. The number of nitrogens with one attached hydrogen (secondary N) is 2. The van der Waals surface area contributed by atoms with Crippen LogP contribution in [0.15, 0.2) is 12.3 Å². The maximum atomic E-state index is 13.7. The van der Waals surface area contributed by atoms with Gasteiger partial charge in [-0.3, -0.25) is 10.00 Å². The van der Waals surface area contributed by atoms with E-state index in [1.807, 2.05) is 4.68 Å². The van der Waals surface area contributed by atoms with Crippen molar-refractivity contribution >= 4 is 11.9 Å². The highest BCUT2D eigenvalue weighted by molar-refractivity contribution is 5.89. The Bertz CT molecular complexity index is 965. The maximum Gasteiger partial charge on any atom is 0.430 e. The number of amides is 1. The molecule has 1 saturated heterocycles. The highest BCUT2D eigenvalue weighted by Gasteiger charge is 2.49.